The highest BCUT2D eigenvalue weighted by Crippen LogP contribution is 2.43. The number of hydrogen-bond acceptors (Lipinski definition) is 3. The average molecular weight is 292 g/mol. The van der Waals surface area contributed by atoms with E-state index in [1.165, 1.54) is 0 Å². The van der Waals surface area contributed by atoms with Crippen molar-refractivity contribution in [2.45, 2.75) is 0 Å². The van der Waals surface area contributed by atoms with Crippen LogP contribution in [0.5, 0.6) is 17.2 Å². The van der Waals surface area contributed by atoms with Crippen molar-refractivity contribution in [3.63, 3.8) is 0 Å². The zero-order valence-electron chi connectivity index (χ0n) is 9.39. The molecule has 0 atom stereocenters. The first kappa shape index (κ1) is 13.9. The van der Waals surface area contributed by atoms with E-state index in [1.807, 2.05) is 0 Å². The molecular weight excluding hydrogens is 287 g/mol. The van der Waals surface area contributed by atoms with Crippen molar-refractivity contribution in [1.29, 1.82) is 0 Å². The third-order valence-corrected chi connectivity index (χ3v) is 2.56. The summed E-state index contributed by atoms with van der Waals surface area (Å²) in [5.74, 6) is -13.8. The van der Waals surface area contributed by atoms with E-state index in [4.69, 9.17) is 5.11 Å². The van der Waals surface area contributed by atoms with Crippen LogP contribution < -0.4 is 0 Å². The van der Waals surface area contributed by atoms with Gasteiger partial charge in [0.2, 0.25) is 11.6 Å². The van der Waals surface area contributed by atoms with Gasteiger partial charge in [-0.3, -0.25) is 0 Å². The molecule has 0 bridgehead atoms. The summed E-state index contributed by atoms with van der Waals surface area (Å²) in [6.45, 7) is 0. The monoisotopic (exact) mass is 292 g/mol. The number of phenolic OH excluding ortho intramolecular Hbond substituents is 3. The largest absolute Gasteiger partial charge is 0.508 e. The lowest BCUT2D eigenvalue weighted by atomic mass is 10.0. The molecule has 0 unspecified atom stereocenters. The molecule has 0 fully saturated rings. The summed E-state index contributed by atoms with van der Waals surface area (Å²) in [6, 6.07) is 0.997. The molecule has 2 aromatic carbocycles. The first-order valence-electron chi connectivity index (χ1n) is 5.02. The number of phenols is 3. The molecule has 0 aromatic heterocycles. The second kappa shape index (κ2) is 4.55. The SMILES string of the molecule is Oc1cc(F)c(O)c(-c2c(O)c(F)c(F)c(F)c2F)c1. The van der Waals surface area contributed by atoms with Gasteiger partial charge in [0.05, 0.1) is 5.56 Å². The third-order valence-electron chi connectivity index (χ3n) is 2.56. The van der Waals surface area contributed by atoms with Gasteiger partial charge < -0.3 is 15.3 Å². The third kappa shape index (κ3) is 1.89. The lowest BCUT2D eigenvalue weighted by Crippen LogP contribution is -2.00. The van der Waals surface area contributed by atoms with E-state index in [0.717, 1.165) is 0 Å². The fraction of sp³-hybridized carbons (Fsp3) is 0. The lowest BCUT2D eigenvalue weighted by Gasteiger charge is -2.11. The molecule has 3 nitrogen and oxygen atoms in total. The summed E-state index contributed by atoms with van der Waals surface area (Å²) in [5, 5.41) is 27.8. The van der Waals surface area contributed by atoms with E-state index in [2.05, 4.69) is 0 Å². The van der Waals surface area contributed by atoms with Crippen LogP contribution in [0.4, 0.5) is 22.0 Å². The predicted octanol–water partition coefficient (Wildman–Crippen LogP) is 3.17. The minimum atomic E-state index is -2.26. The van der Waals surface area contributed by atoms with Crippen molar-refractivity contribution in [1.82, 2.24) is 0 Å². The molecule has 2 aromatic rings. The van der Waals surface area contributed by atoms with Crippen LogP contribution in [0.2, 0.25) is 0 Å². The van der Waals surface area contributed by atoms with Crippen LogP contribution in [0.3, 0.4) is 0 Å². The summed E-state index contributed by atoms with van der Waals surface area (Å²) in [6.07, 6.45) is 0. The highest BCUT2D eigenvalue weighted by Gasteiger charge is 2.28. The van der Waals surface area contributed by atoms with Crippen LogP contribution in [0.25, 0.3) is 11.1 Å². The maximum Gasteiger partial charge on any atom is 0.204 e. The zero-order valence-corrected chi connectivity index (χ0v) is 9.39. The predicted molar refractivity (Wildman–Crippen MR) is 56.7 cm³/mol. The Morgan fingerprint density at radius 1 is 0.650 bits per heavy atom. The molecule has 0 saturated carbocycles. The van der Waals surface area contributed by atoms with Crippen LogP contribution in [0.15, 0.2) is 12.1 Å². The van der Waals surface area contributed by atoms with Crippen molar-refractivity contribution >= 4 is 0 Å². The van der Waals surface area contributed by atoms with Gasteiger partial charge in [-0.05, 0) is 6.07 Å². The molecular formula is C12H5F5O3. The van der Waals surface area contributed by atoms with Crippen molar-refractivity contribution in [3.05, 3.63) is 41.2 Å². The molecule has 3 N–H and O–H groups in total. The fourth-order valence-corrected chi connectivity index (χ4v) is 1.64. The Morgan fingerprint density at radius 3 is 1.80 bits per heavy atom. The molecule has 0 spiro atoms. The summed E-state index contributed by atoms with van der Waals surface area (Å²) >= 11 is 0. The summed E-state index contributed by atoms with van der Waals surface area (Å²) in [7, 11) is 0. The van der Waals surface area contributed by atoms with E-state index < -0.39 is 57.5 Å². The number of hydrogen-bond donors (Lipinski definition) is 3. The second-order valence-electron chi connectivity index (χ2n) is 3.80. The molecule has 2 rings (SSSR count). The Labute approximate surface area is 108 Å². The van der Waals surface area contributed by atoms with Crippen molar-refractivity contribution in [2.75, 3.05) is 0 Å². The Balaban J connectivity index is 2.91. The molecule has 0 saturated heterocycles. The highest BCUT2D eigenvalue weighted by atomic mass is 19.2. The van der Waals surface area contributed by atoms with Gasteiger partial charge in [0.1, 0.15) is 5.75 Å². The van der Waals surface area contributed by atoms with Crippen LogP contribution in [-0.4, -0.2) is 15.3 Å². The maximum absolute atomic E-state index is 13.6. The van der Waals surface area contributed by atoms with E-state index >= 15 is 0 Å². The molecule has 20 heavy (non-hydrogen) atoms. The smallest absolute Gasteiger partial charge is 0.204 e. The molecule has 0 radical (unpaired) electrons. The fourth-order valence-electron chi connectivity index (χ4n) is 1.64. The number of halogens is 5. The van der Waals surface area contributed by atoms with Gasteiger partial charge in [0.25, 0.3) is 0 Å². The topological polar surface area (TPSA) is 60.7 Å². The average Bonchev–Trinajstić information content (AvgIpc) is 2.39. The summed E-state index contributed by atoms with van der Waals surface area (Å²) < 4.78 is 65.9. The number of rotatable bonds is 1. The van der Waals surface area contributed by atoms with E-state index in [-0.39, 0.29) is 0 Å². The van der Waals surface area contributed by atoms with Gasteiger partial charge in [0, 0.05) is 11.6 Å². The number of aromatic hydroxyl groups is 3. The molecule has 106 valence electrons. The quantitative estimate of drug-likeness (QED) is 0.327. The molecule has 0 aliphatic rings. The van der Waals surface area contributed by atoms with Gasteiger partial charge in [0.15, 0.2) is 29.0 Å². The van der Waals surface area contributed by atoms with Gasteiger partial charge in [-0.15, -0.1) is 0 Å². The maximum atomic E-state index is 13.6. The Kier molecular flexibility index (Phi) is 3.16. The van der Waals surface area contributed by atoms with Gasteiger partial charge in [-0.25, -0.2) is 17.6 Å². The highest BCUT2D eigenvalue weighted by molar-refractivity contribution is 5.77. The van der Waals surface area contributed by atoms with Gasteiger partial charge in [-0.1, -0.05) is 0 Å². The van der Waals surface area contributed by atoms with E-state index in [9.17, 15) is 32.2 Å². The molecule has 0 aliphatic carbocycles. The molecule has 8 heteroatoms. The Hall–Kier alpha value is -2.51. The van der Waals surface area contributed by atoms with Crippen LogP contribution in [0, 0.1) is 29.1 Å². The molecule has 0 aliphatic heterocycles. The zero-order chi connectivity index (χ0) is 15.2. The van der Waals surface area contributed by atoms with Crippen molar-refractivity contribution < 1.29 is 37.3 Å². The molecule has 0 amide bonds. The van der Waals surface area contributed by atoms with Crippen LogP contribution in [0.1, 0.15) is 0 Å². The number of benzene rings is 2. The van der Waals surface area contributed by atoms with E-state index in [0.29, 0.717) is 12.1 Å². The lowest BCUT2D eigenvalue weighted by molar-refractivity contribution is 0.366. The van der Waals surface area contributed by atoms with Gasteiger partial charge in [-0.2, -0.15) is 4.39 Å². The second-order valence-corrected chi connectivity index (χ2v) is 3.80. The Morgan fingerprint density at radius 2 is 1.20 bits per heavy atom. The van der Waals surface area contributed by atoms with Crippen LogP contribution in [-0.2, 0) is 0 Å². The summed E-state index contributed by atoms with van der Waals surface area (Å²) in [4.78, 5) is 0. The standard InChI is InChI=1S/C12H5F5O3/c13-5-2-3(18)1-4(11(5)19)6-7(14)8(15)9(16)10(17)12(6)20/h1-2,18-20H. The van der Waals surface area contributed by atoms with Crippen LogP contribution >= 0.6 is 0 Å². The van der Waals surface area contributed by atoms with E-state index in [1.54, 1.807) is 0 Å². The van der Waals surface area contributed by atoms with Crippen molar-refractivity contribution in [2.24, 2.45) is 0 Å². The minimum absolute atomic E-state index is 0.448. The first-order chi connectivity index (χ1) is 9.25. The normalized spacial score (nSPS) is 10.8. The summed E-state index contributed by atoms with van der Waals surface area (Å²) in [5.41, 5.74) is -2.25. The Bertz CT molecular complexity index is 686. The molecule has 0 heterocycles. The van der Waals surface area contributed by atoms with Gasteiger partial charge >= 0.3 is 0 Å². The first-order valence-corrected chi connectivity index (χ1v) is 5.02. The van der Waals surface area contributed by atoms with Crippen molar-refractivity contribution in [3.8, 4) is 28.4 Å². The minimum Gasteiger partial charge on any atom is -0.508 e.